The third-order valence-electron chi connectivity index (χ3n) is 2.59. The molecule has 0 atom stereocenters. The van der Waals surface area contributed by atoms with Crippen LogP contribution >= 0.6 is 0 Å². The zero-order valence-corrected chi connectivity index (χ0v) is 10.1. The van der Waals surface area contributed by atoms with Crippen molar-refractivity contribution in [1.82, 2.24) is 0 Å². The van der Waals surface area contributed by atoms with Crippen molar-refractivity contribution in [2.24, 2.45) is 5.73 Å². The topological polar surface area (TPSA) is 98.2 Å². The fourth-order valence-corrected chi connectivity index (χ4v) is 1.68. The summed E-state index contributed by atoms with van der Waals surface area (Å²) < 4.78 is 0. The van der Waals surface area contributed by atoms with Crippen molar-refractivity contribution in [3.05, 3.63) is 59.7 Å². The first-order valence-electron chi connectivity index (χ1n) is 5.63. The molecule has 2 aromatic rings. The molecule has 0 saturated heterocycles. The Balaban J connectivity index is 2.27. The monoisotopic (exact) mass is 255 g/mol. The van der Waals surface area contributed by atoms with Crippen LogP contribution < -0.4 is 16.8 Å². The van der Waals surface area contributed by atoms with Crippen LogP contribution in [0, 0.1) is 0 Å². The van der Waals surface area contributed by atoms with Crippen molar-refractivity contribution in [3.8, 4) is 0 Å². The molecule has 0 heterocycles. The van der Waals surface area contributed by atoms with E-state index in [4.69, 9.17) is 11.5 Å². The Kier molecular flexibility index (Phi) is 3.47. The molecule has 0 radical (unpaired) electrons. The summed E-state index contributed by atoms with van der Waals surface area (Å²) in [6.07, 6.45) is 0. The minimum absolute atomic E-state index is 0.264. The van der Waals surface area contributed by atoms with Crippen molar-refractivity contribution in [1.29, 1.82) is 0 Å². The normalized spacial score (nSPS) is 9.89. The Morgan fingerprint density at radius 3 is 2.42 bits per heavy atom. The molecule has 19 heavy (non-hydrogen) atoms. The van der Waals surface area contributed by atoms with E-state index < -0.39 is 5.91 Å². The summed E-state index contributed by atoms with van der Waals surface area (Å²) in [5.74, 6) is -0.940. The second-order valence-electron chi connectivity index (χ2n) is 3.99. The molecule has 0 bridgehead atoms. The lowest BCUT2D eigenvalue weighted by molar-refractivity contribution is 0.100. The quantitative estimate of drug-likeness (QED) is 0.727. The van der Waals surface area contributed by atoms with E-state index in [1.165, 1.54) is 0 Å². The van der Waals surface area contributed by atoms with E-state index in [2.05, 4.69) is 5.32 Å². The molecule has 0 aliphatic carbocycles. The summed E-state index contributed by atoms with van der Waals surface area (Å²) in [5.41, 5.74) is 12.4. The number of nitrogen functional groups attached to an aromatic ring is 1. The summed E-state index contributed by atoms with van der Waals surface area (Å²) in [6, 6.07) is 13.1. The van der Waals surface area contributed by atoms with Crippen molar-refractivity contribution in [2.75, 3.05) is 11.1 Å². The Morgan fingerprint density at radius 2 is 1.74 bits per heavy atom. The number of para-hydroxylation sites is 1. The molecule has 2 amide bonds. The Hall–Kier alpha value is -2.82. The van der Waals surface area contributed by atoms with Crippen LogP contribution in [0.5, 0.6) is 0 Å². The van der Waals surface area contributed by atoms with Crippen LogP contribution in [0.4, 0.5) is 11.4 Å². The Labute approximate surface area is 110 Å². The minimum Gasteiger partial charge on any atom is -0.399 e. The van der Waals surface area contributed by atoms with E-state index in [1.807, 2.05) is 0 Å². The van der Waals surface area contributed by atoms with Crippen LogP contribution in [0.2, 0.25) is 0 Å². The van der Waals surface area contributed by atoms with Crippen LogP contribution in [0.3, 0.4) is 0 Å². The van der Waals surface area contributed by atoms with Gasteiger partial charge in [0.25, 0.3) is 11.8 Å². The first-order chi connectivity index (χ1) is 9.08. The molecule has 96 valence electrons. The number of hydrogen-bond donors (Lipinski definition) is 3. The molecule has 0 aliphatic heterocycles. The van der Waals surface area contributed by atoms with Crippen molar-refractivity contribution in [3.63, 3.8) is 0 Å². The summed E-state index contributed by atoms with van der Waals surface area (Å²) in [7, 11) is 0. The molecule has 0 aromatic heterocycles. The standard InChI is InChI=1S/C14H13N3O2/c15-10-5-3-4-9(8-10)14(19)17-12-7-2-1-6-11(12)13(16)18/h1-8H,15H2,(H2,16,18)(H,17,19). The highest BCUT2D eigenvalue weighted by atomic mass is 16.2. The maximum absolute atomic E-state index is 12.0. The number of benzene rings is 2. The lowest BCUT2D eigenvalue weighted by Gasteiger charge is -2.09. The second kappa shape index (κ2) is 5.22. The number of anilines is 2. The van der Waals surface area contributed by atoms with Gasteiger partial charge in [0, 0.05) is 11.3 Å². The maximum Gasteiger partial charge on any atom is 0.255 e. The predicted octanol–water partition coefficient (Wildman–Crippen LogP) is 1.62. The second-order valence-corrected chi connectivity index (χ2v) is 3.99. The number of carbonyl (C=O) groups is 2. The first-order valence-corrected chi connectivity index (χ1v) is 5.63. The van der Waals surface area contributed by atoms with E-state index in [0.29, 0.717) is 16.9 Å². The van der Waals surface area contributed by atoms with Crippen LogP contribution in [0.15, 0.2) is 48.5 Å². The molecular weight excluding hydrogens is 242 g/mol. The van der Waals surface area contributed by atoms with Crippen LogP contribution in [-0.4, -0.2) is 11.8 Å². The van der Waals surface area contributed by atoms with Gasteiger partial charge in [0.2, 0.25) is 0 Å². The maximum atomic E-state index is 12.0. The molecule has 5 N–H and O–H groups in total. The molecule has 5 heteroatoms. The van der Waals surface area contributed by atoms with E-state index >= 15 is 0 Å². The summed E-state index contributed by atoms with van der Waals surface area (Å²) in [5, 5.41) is 2.64. The number of nitrogens with two attached hydrogens (primary N) is 2. The molecule has 0 fully saturated rings. The van der Waals surface area contributed by atoms with Gasteiger partial charge in [0.15, 0.2) is 0 Å². The van der Waals surface area contributed by atoms with Gasteiger partial charge in [-0.2, -0.15) is 0 Å². The number of hydrogen-bond acceptors (Lipinski definition) is 3. The van der Waals surface area contributed by atoms with Gasteiger partial charge in [0.1, 0.15) is 0 Å². The van der Waals surface area contributed by atoms with Crippen LogP contribution in [0.25, 0.3) is 0 Å². The van der Waals surface area contributed by atoms with E-state index in [1.54, 1.807) is 48.5 Å². The van der Waals surface area contributed by atoms with Gasteiger partial charge in [-0.25, -0.2) is 0 Å². The molecule has 2 aromatic carbocycles. The molecule has 0 spiro atoms. The average Bonchev–Trinajstić information content (AvgIpc) is 2.39. The Morgan fingerprint density at radius 1 is 1.00 bits per heavy atom. The third-order valence-corrected chi connectivity index (χ3v) is 2.59. The molecule has 2 rings (SSSR count). The number of primary amides is 1. The Bertz CT molecular complexity index is 638. The molecule has 0 aliphatic rings. The molecular formula is C14H13N3O2. The third kappa shape index (κ3) is 2.90. The molecule has 0 saturated carbocycles. The van der Waals surface area contributed by atoms with Crippen LogP contribution in [-0.2, 0) is 0 Å². The first kappa shape index (κ1) is 12.6. The van der Waals surface area contributed by atoms with Gasteiger partial charge in [0.05, 0.1) is 11.3 Å². The number of nitrogens with one attached hydrogen (secondary N) is 1. The summed E-state index contributed by atoms with van der Waals surface area (Å²) in [6.45, 7) is 0. The lowest BCUT2D eigenvalue weighted by Crippen LogP contribution is -2.18. The molecule has 0 unspecified atom stereocenters. The SMILES string of the molecule is NC(=O)c1ccccc1NC(=O)c1cccc(N)c1. The van der Waals surface area contributed by atoms with Crippen molar-refractivity contribution in [2.45, 2.75) is 0 Å². The minimum atomic E-state index is -0.594. The van der Waals surface area contributed by atoms with E-state index in [9.17, 15) is 9.59 Å². The lowest BCUT2D eigenvalue weighted by atomic mass is 10.1. The fourth-order valence-electron chi connectivity index (χ4n) is 1.68. The van der Waals surface area contributed by atoms with Gasteiger partial charge in [-0.3, -0.25) is 9.59 Å². The van der Waals surface area contributed by atoms with E-state index in [0.717, 1.165) is 0 Å². The highest BCUT2D eigenvalue weighted by Gasteiger charge is 2.11. The summed E-state index contributed by atoms with van der Waals surface area (Å²) >= 11 is 0. The van der Waals surface area contributed by atoms with E-state index in [-0.39, 0.29) is 11.5 Å². The highest BCUT2D eigenvalue weighted by molar-refractivity contribution is 6.08. The van der Waals surface area contributed by atoms with Gasteiger partial charge in [-0.1, -0.05) is 18.2 Å². The predicted molar refractivity (Wildman–Crippen MR) is 73.8 cm³/mol. The number of carbonyl (C=O) groups excluding carboxylic acids is 2. The van der Waals surface area contributed by atoms with Gasteiger partial charge in [-0.15, -0.1) is 0 Å². The van der Waals surface area contributed by atoms with Crippen LogP contribution in [0.1, 0.15) is 20.7 Å². The van der Waals surface area contributed by atoms with Gasteiger partial charge >= 0.3 is 0 Å². The van der Waals surface area contributed by atoms with Gasteiger partial charge < -0.3 is 16.8 Å². The van der Waals surface area contributed by atoms with Gasteiger partial charge in [-0.05, 0) is 30.3 Å². The number of amides is 2. The summed E-state index contributed by atoms with van der Waals surface area (Å²) in [4.78, 5) is 23.3. The largest absolute Gasteiger partial charge is 0.399 e. The average molecular weight is 255 g/mol. The number of rotatable bonds is 3. The zero-order valence-electron chi connectivity index (χ0n) is 10.1. The fraction of sp³-hybridized carbons (Fsp3) is 0. The zero-order chi connectivity index (χ0) is 13.8. The van der Waals surface area contributed by atoms with Crippen molar-refractivity contribution < 1.29 is 9.59 Å². The molecule has 5 nitrogen and oxygen atoms in total. The highest BCUT2D eigenvalue weighted by Crippen LogP contribution is 2.16. The van der Waals surface area contributed by atoms with Crippen molar-refractivity contribution >= 4 is 23.2 Å². The smallest absolute Gasteiger partial charge is 0.255 e.